The Bertz CT molecular complexity index is 1370. The van der Waals surface area contributed by atoms with Crippen molar-refractivity contribution < 1.29 is 34.1 Å². The van der Waals surface area contributed by atoms with Crippen LogP contribution in [-0.4, -0.2) is 40.7 Å². The van der Waals surface area contributed by atoms with Gasteiger partial charge in [-0.2, -0.15) is 0 Å². The first-order valence-electron chi connectivity index (χ1n) is 15.3. The van der Waals surface area contributed by atoms with E-state index in [4.69, 9.17) is 9.84 Å². The molecule has 9 heteroatoms. The van der Waals surface area contributed by atoms with E-state index in [-0.39, 0.29) is 18.2 Å². The van der Waals surface area contributed by atoms with Crippen molar-refractivity contribution in [1.29, 1.82) is 0 Å². The molecule has 0 aromatic heterocycles. The molecule has 2 amide bonds. The van der Waals surface area contributed by atoms with Crippen LogP contribution in [0.4, 0.5) is 10.5 Å². The molecule has 0 aliphatic carbocycles. The number of benzene rings is 3. The molecule has 3 aromatic carbocycles. The van der Waals surface area contributed by atoms with Crippen LogP contribution in [0.1, 0.15) is 87.1 Å². The van der Waals surface area contributed by atoms with Crippen LogP contribution in [-0.2, 0) is 16.1 Å². The Morgan fingerprint density at radius 2 is 1.32 bits per heavy atom. The Kier molecular flexibility index (Phi) is 13.9. The third kappa shape index (κ3) is 10.9. The summed E-state index contributed by atoms with van der Waals surface area (Å²) in [5.74, 6) is -2.73. The molecule has 3 rings (SSSR count). The van der Waals surface area contributed by atoms with E-state index in [0.717, 1.165) is 17.7 Å². The van der Waals surface area contributed by atoms with Crippen LogP contribution in [0.25, 0.3) is 11.1 Å². The number of hydrogen-bond donors (Lipinski definition) is 3. The number of aliphatic carboxylic acids is 1. The van der Waals surface area contributed by atoms with Crippen LogP contribution in [0.5, 0.6) is 5.75 Å². The largest absolute Gasteiger partial charge is 0.511 e. The van der Waals surface area contributed by atoms with Gasteiger partial charge in [-0.1, -0.05) is 107 Å². The third-order valence-corrected chi connectivity index (χ3v) is 7.38. The summed E-state index contributed by atoms with van der Waals surface area (Å²) in [6.45, 7) is 2.81. The highest BCUT2D eigenvalue weighted by molar-refractivity contribution is 6.37. The number of ether oxygens (including phenoxy) is 1. The lowest BCUT2D eigenvalue weighted by Gasteiger charge is -2.21. The molecule has 0 aliphatic heterocycles. The number of hydrogen-bond acceptors (Lipinski definition) is 5. The Labute approximate surface area is 258 Å². The molecule has 0 aliphatic rings. The maximum Gasteiger partial charge on any atom is 0.511 e. The maximum atomic E-state index is 12.6. The van der Waals surface area contributed by atoms with Gasteiger partial charge in [0.15, 0.2) is 0 Å². The van der Waals surface area contributed by atoms with Gasteiger partial charge >= 0.3 is 18.0 Å². The van der Waals surface area contributed by atoms with Crippen LogP contribution < -0.4 is 15.0 Å². The number of carbonyl (C=O) groups excluding carboxylic acids is 2. The van der Waals surface area contributed by atoms with Crippen molar-refractivity contribution >= 4 is 29.6 Å². The second-order valence-corrected chi connectivity index (χ2v) is 10.7. The van der Waals surface area contributed by atoms with Crippen molar-refractivity contribution in [2.24, 2.45) is 0 Å². The summed E-state index contributed by atoms with van der Waals surface area (Å²) < 4.78 is 4.86. The van der Waals surface area contributed by atoms with Crippen LogP contribution in [0.2, 0.25) is 0 Å². The lowest BCUT2D eigenvalue weighted by Crippen LogP contribution is -2.36. The summed E-state index contributed by atoms with van der Waals surface area (Å²) in [4.78, 5) is 49.0. The summed E-state index contributed by atoms with van der Waals surface area (Å²) in [5.41, 5.74) is 2.64. The molecule has 0 atom stereocenters. The zero-order valence-electron chi connectivity index (χ0n) is 25.3. The number of carbonyl (C=O) groups is 4. The third-order valence-electron chi connectivity index (χ3n) is 7.38. The zero-order chi connectivity index (χ0) is 31.7. The standard InChI is InChI=1S/C35H42N2O7/c1-2-3-4-5-6-7-8-9-10-13-24-36-32(38)28-18-16-26(17-19-28)25-37(33(39)34(40)41)29-22-20-27(21-23-29)30-14-11-12-15-31(30)44-35(42)43/h11-12,14-23H,2-10,13,24-25H2,1H3,(H,36,38)(H,40,41)(H,42,43). The molecular weight excluding hydrogens is 560 g/mol. The normalized spacial score (nSPS) is 10.7. The minimum Gasteiger partial charge on any atom is -0.474 e. The Hall–Kier alpha value is -4.66. The first-order chi connectivity index (χ1) is 21.3. The molecule has 234 valence electrons. The summed E-state index contributed by atoms with van der Waals surface area (Å²) in [5, 5.41) is 21.4. The number of anilines is 1. The highest BCUT2D eigenvalue weighted by atomic mass is 16.7. The van der Waals surface area contributed by atoms with E-state index in [2.05, 4.69) is 12.2 Å². The Morgan fingerprint density at radius 1 is 0.727 bits per heavy atom. The number of rotatable bonds is 17. The van der Waals surface area contributed by atoms with E-state index >= 15 is 0 Å². The van der Waals surface area contributed by atoms with Crippen molar-refractivity contribution in [3.05, 3.63) is 83.9 Å². The smallest absolute Gasteiger partial charge is 0.474 e. The molecule has 3 aromatic rings. The first kappa shape index (κ1) is 33.8. The van der Waals surface area contributed by atoms with Crippen LogP contribution in [0.15, 0.2) is 72.8 Å². The quantitative estimate of drug-likeness (QED) is 0.0624. The van der Waals surface area contributed by atoms with Gasteiger partial charge in [-0.3, -0.25) is 14.5 Å². The van der Waals surface area contributed by atoms with Gasteiger partial charge in [-0.15, -0.1) is 0 Å². The maximum absolute atomic E-state index is 12.6. The number of unbranched alkanes of at least 4 members (excludes halogenated alkanes) is 9. The van der Waals surface area contributed by atoms with Gasteiger partial charge < -0.3 is 20.3 Å². The Morgan fingerprint density at radius 3 is 1.91 bits per heavy atom. The second kappa shape index (κ2) is 18.1. The zero-order valence-corrected chi connectivity index (χ0v) is 25.3. The highest BCUT2D eigenvalue weighted by Crippen LogP contribution is 2.31. The van der Waals surface area contributed by atoms with Gasteiger partial charge in [0, 0.05) is 23.4 Å². The van der Waals surface area contributed by atoms with E-state index in [0.29, 0.717) is 34.5 Å². The minimum absolute atomic E-state index is 0.0241. The predicted molar refractivity (Wildman–Crippen MR) is 170 cm³/mol. The number of nitrogens with zero attached hydrogens (tertiary/aromatic N) is 1. The summed E-state index contributed by atoms with van der Waals surface area (Å²) >= 11 is 0. The van der Waals surface area contributed by atoms with E-state index < -0.39 is 18.0 Å². The van der Waals surface area contributed by atoms with Crippen molar-refractivity contribution in [1.82, 2.24) is 5.32 Å². The van der Waals surface area contributed by atoms with Gasteiger partial charge in [0.2, 0.25) is 0 Å². The molecule has 0 spiro atoms. The summed E-state index contributed by atoms with van der Waals surface area (Å²) in [7, 11) is 0. The van der Waals surface area contributed by atoms with Crippen molar-refractivity contribution in [2.45, 2.75) is 77.7 Å². The van der Waals surface area contributed by atoms with E-state index in [1.165, 1.54) is 57.4 Å². The van der Waals surface area contributed by atoms with Gasteiger partial charge in [0.1, 0.15) is 5.75 Å². The molecule has 0 bridgehead atoms. The molecular formula is C35H42N2O7. The van der Waals surface area contributed by atoms with E-state index in [1.54, 1.807) is 66.7 Å². The minimum atomic E-state index is -1.60. The molecule has 0 saturated carbocycles. The topological polar surface area (TPSA) is 133 Å². The molecule has 0 fully saturated rings. The van der Waals surface area contributed by atoms with Gasteiger partial charge in [0.05, 0.1) is 6.54 Å². The van der Waals surface area contributed by atoms with E-state index in [9.17, 15) is 24.3 Å². The van der Waals surface area contributed by atoms with Crippen molar-refractivity contribution in [2.75, 3.05) is 11.4 Å². The predicted octanol–water partition coefficient (Wildman–Crippen LogP) is 7.68. The fourth-order valence-electron chi connectivity index (χ4n) is 4.97. The molecule has 44 heavy (non-hydrogen) atoms. The van der Waals surface area contributed by atoms with Crippen LogP contribution in [0, 0.1) is 0 Å². The fraction of sp³-hybridized carbons (Fsp3) is 0.371. The summed E-state index contributed by atoms with van der Waals surface area (Å²) in [6.07, 6.45) is 10.8. The molecule has 9 nitrogen and oxygen atoms in total. The molecule has 3 N–H and O–H groups in total. The first-order valence-corrected chi connectivity index (χ1v) is 15.3. The fourth-order valence-corrected chi connectivity index (χ4v) is 4.97. The van der Waals surface area contributed by atoms with Crippen LogP contribution >= 0.6 is 0 Å². The van der Waals surface area contributed by atoms with E-state index in [1.807, 2.05) is 0 Å². The second-order valence-electron chi connectivity index (χ2n) is 10.7. The lowest BCUT2D eigenvalue weighted by atomic mass is 10.0. The van der Waals surface area contributed by atoms with Crippen LogP contribution in [0.3, 0.4) is 0 Å². The van der Waals surface area contributed by atoms with Crippen molar-refractivity contribution in [3.8, 4) is 16.9 Å². The average Bonchev–Trinajstić information content (AvgIpc) is 3.02. The average molecular weight is 603 g/mol. The Balaban J connectivity index is 1.55. The number of amides is 2. The summed E-state index contributed by atoms with van der Waals surface area (Å²) in [6, 6.07) is 19.8. The number of carboxylic acids is 1. The van der Waals surface area contributed by atoms with Crippen molar-refractivity contribution in [3.63, 3.8) is 0 Å². The number of para-hydroxylation sites is 1. The van der Waals surface area contributed by atoms with Gasteiger partial charge in [0.25, 0.3) is 5.91 Å². The highest BCUT2D eigenvalue weighted by Gasteiger charge is 2.23. The van der Waals surface area contributed by atoms with Gasteiger partial charge in [-0.25, -0.2) is 9.59 Å². The monoisotopic (exact) mass is 602 g/mol. The lowest BCUT2D eigenvalue weighted by molar-refractivity contribution is -0.148. The van der Waals surface area contributed by atoms with Gasteiger partial charge in [-0.05, 0) is 47.9 Å². The number of nitrogens with one attached hydrogen (secondary N) is 1. The molecule has 0 unspecified atom stereocenters. The molecule has 0 radical (unpaired) electrons. The molecule has 0 saturated heterocycles. The molecule has 0 heterocycles. The number of carboxylic acid groups (broad SMARTS) is 2. The SMILES string of the molecule is CCCCCCCCCCCCNC(=O)c1ccc(CN(C(=O)C(=O)O)c2ccc(-c3ccccc3OC(=O)O)cc2)cc1.